The molecular weight excluding hydrogens is 326 g/mol. The molecule has 0 saturated carbocycles. The number of nitrogens with one attached hydrogen (secondary N) is 2. The van der Waals surface area contributed by atoms with Crippen LogP contribution >= 0.6 is 0 Å². The summed E-state index contributed by atoms with van der Waals surface area (Å²) in [5.74, 6) is 0.457. The van der Waals surface area contributed by atoms with Gasteiger partial charge in [0.05, 0.1) is 19.0 Å². The van der Waals surface area contributed by atoms with Crippen LogP contribution in [-0.4, -0.2) is 25.3 Å². The molecule has 5 nitrogen and oxygen atoms in total. The Morgan fingerprint density at radius 2 is 1.77 bits per heavy atom. The Balaban J connectivity index is 1.65. The van der Waals surface area contributed by atoms with E-state index in [1.54, 1.807) is 20.2 Å². The number of hydrogen-bond acceptors (Lipinski definition) is 4. The molecule has 0 bridgehead atoms. The summed E-state index contributed by atoms with van der Waals surface area (Å²) >= 11 is 0. The van der Waals surface area contributed by atoms with E-state index in [0.29, 0.717) is 5.75 Å². The Kier molecular flexibility index (Phi) is 5.49. The van der Waals surface area contributed by atoms with Crippen LogP contribution in [0.15, 0.2) is 71.8 Å². The van der Waals surface area contributed by atoms with Gasteiger partial charge in [0.2, 0.25) is 0 Å². The summed E-state index contributed by atoms with van der Waals surface area (Å²) in [6.07, 6.45) is 1.66. The highest BCUT2D eigenvalue weighted by atomic mass is 16.5. The zero-order valence-electron chi connectivity index (χ0n) is 14.8. The molecule has 2 N–H and O–H groups in total. The number of rotatable bonds is 6. The van der Waals surface area contributed by atoms with Gasteiger partial charge in [-0.1, -0.05) is 54.6 Å². The lowest BCUT2D eigenvalue weighted by Crippen LogP contribution is -2.35. The van der Waals surface area contributed by atoms with E-state index in [1.165, 1.54) is 0 Å². The van der Waals surface area contributed by atoms with E-state index in [4.69, 9.17) is 4.74 Å². The second-order valence-electron chi connectivity index (χ2n) is 5.87. The monoisotopic (exact) mass is 347 g/mol. The summed E-state index contributed by atoms with van der Waals surface area (Å²) in [7, 11) is 1.60. The van der Waals surface area contributed by atoms with Gasteiger partial charge >= 0.3 is 0 Å². The first-order chi connectivity index (χ1) is 12.7. The molecule has 3 aromatic carbocycles. The molecule has 0 fully saturated rings. The van der Waals surface area contributed by atoms with Crippen molar-refractivity contribution in [1.29, 1.82) is 0 Å². The SMILES string of the molecule is COc1ccccc1N[C@H](C)C(=O)N/N=C\c1cccc2ccccc12. The van der Waals surface area contributed by atoms with Crippen molar-refractivity contribution >= 4 is 28.6 Å². The van der Waals surface area contributed by atoms with Crippen molar-refractivity contribution in [1.82, 2.24) is 5.43 Å². The summed E-state index contributed by atoms with van der Waals surface area (Å²) < 4.78 is 5.28. The molecule has 0 saturated heterocycles. The molecule has 132 valence electrons. The van der Waals surface area contributed by atoms with E-state index in [-0.39, 0.29) is 5.91 Å². The van der Waals surface area contributed by atoms with Gasteiger partial charge in [0, 0.05) is 5.56 Å². The number of benzene rings is 3. The lowest BCUT2D eigenvalue weighted by molar-refractivity contribution is -0.121. The number of carbonyl (C=O) groups excluding carboxylic acids is 1. The minimum absolute atomic E-state index is 0.229. The third-order valence-corrected chi connectivity index (χ3v) is 4.07. The summed E-state index contributed by atoms with van der Waals surface area (Å²) in [5, 5.41) is 9.45. The van der Waals surface area contributed by atoms with Crippen LogP contribution in [0.2, 0.25) is 0 Å². The lowest BCUT2D eigenvalue weighted by atomic mass is 10.1. The third kappa shape index (κ3) is 4.00. The smallest absolute Gasteiger partial charge is 0.262 e. The summed E-state index contributed by atoms with van der Waals surface area (Å²) in [6, 6.07) is 21.0. The molecule has 26 heavy (non-hydrogen) atoms. The number of ether oxygens (including phenoxy) is 1. The fourth-order valence-corrected chi connectivity index (χ4v) is 2.69. The normalized spacial score (nSPS) is 12.1. The van der Waals surface area contributed by atoms with Crippen molar-refractivity contribution in [3.05, 3.63) is 72.3 Å². The largest absolute Gasteiger partial charge is 0.495 e. The van der Waals surface area contributed by atoms with Gasteiger partial charge in [-0.2, -0.15) is 5.10 Å². The molecule has 3 rings (SSSR count). The maximum absolute atomic E-state index is 12.3. The molecule has 0 aliphatic rings. The molecule has 5 heteroatoms. The average molecular weight is 347 g/mol. The second-order valence-corrected chi connectivity index (χ2v) is 5.87. The maximum atomic E-state index is 12.3. The Bertz CT molecular complexity index is 932. The van der Waals surface area contributed by atoms with Crippen LogP contribution in [0.3, 0.4) is 0 Å². The van der Waals surface area contributed by atoms with Crippen LogP contribution < -0.4 is 15.5 Å². The second kappa shape index (κ2) is 8.16. The van der Waals surface area contributed by atoms with Gasteiger partial charge in [0.1, 0.15) is 11.8 Å². The predicted molar refractivity (Wildman–Crippen MR) is 106 cm³/mol. The number of methoxy groups -OCH3 is 1. The number of amides is 1. The Labute approximate surface area is 152 Å². The number of para-hydroxylation sites is 2. The molecule has 1 atom stereocenters. The number of hydrazone groups is 1. The quantitative estimate of drug-likeness (QED) is 0.527. The number of anilines is 1. The molecule has 3 aromatic rings. The van der Waals surface area contributed by atoms with Crippen molar-refractivity contribution < 1.29 is 9.53 Å². The Morgan fingerprint density at radius 1 is 1.04 bits per heavy atom. The van der Waals surface area contributed by atoms with Crippen LogP contribution in [0.5, 0.6) is 5.75 Å². The molecule has 0 aromatic heterocycles. The average Bonchev–Trinajstić information content (AvgIpc) is 2.68. The predicted octanol–water partition coefficient (Wildman–Crippen LogP) is 3.80. The highest BCUT2D eigenvalue weighted by Crippen LogP contribution is 2.23. The van der Waals surface area contributed by atoms with E-state index in [2.05, 4.69) is 15.8 Å². The first kappa shape index (κ1) is 17.5. The molecule has 0 spiro atoms. The van der Waals surface area contributed by atoms with Gasteiger partial charge in [-0.15, -0.1) is 0 Å². The minimum atomic E-state index is -0.462. The fraction of sp³-hybridized carbons (Fsp3) is 0.143. The molecule has 0 aliphatic carbocycles. The Morgan fingerprint density at radius 3 is 2.62 bits per heavy atom. The van der Waals surface area contributed by atoms with Gasteiger partial charge < -0.3 is 10.1 Å². The van der Waals surface area contributed by atoms with Crippen LogP contribution in [0.1, 0.15) is 12.5 Å². The molecule has 0 aliphatic heterocycles. The zero-order chi connectivity index (χ0) is 18.4. The van der Waals surface area contributed by atoms with Gasteiger partial charge in [-0.3, -0.25) is 4.79 Å². The molecule has 0 radical (unpaired) electrons. The lowest BCUT2D eigenvalue weighted by Gasteiger charge is -2.15. The first-order valence-corrected chi connectivity index (χ1v) is 8.39. The summed E-state index contributed by atoms with van der Waals surface area (Å²) in [5.41, 5.74) is 4.29. The molecule has 0 unspecified atom stereocenters. The number of hydrogen-bond donors (Lipinski definition) is 2. The van der Waals surface area contributed by atoms with Crippen LogP contribution in [0.4, 0.5) is 5.69 Å². The van der Waals surface area contributed by atoms with Crippen molar-refractivity contribution in [2.24, 2.45) is 5.10 Å². The van der Waals surface area contributed by atoms with Crippen LogP contribution in [-0.2, 0) is 4.79 Å². The van der Waals surface area contributed by atoms with E-state index >= 15 is 0 Å². The van der Waals surface area contributed by atoms with Crippen molar-refractivity contribution in [2.45, 2.75) is 13.0 Å². The number of nitrogens with zero attached hydrogens (tertiary/aromatic N) is 1. The highest BCUT2D eigenvalue weighted by Gasteiger charge is 2.13. The third-order valence-electron chi connectivity index (χ3n) is 4.07. The van der Waals surface area contributed by atoms with Crippen LogP contribution in [0.25, 0.3) is 10.8 Å². The summed E-state index contributed by atoms with van der Waals surface area (Å²) in [4.78, 5) is 12.3. The minimum Gasteiger partial charge on any atom is -0.495 e. The van der Waals surface area contributed by atoms with Gasteiger partial charge in [-0.25, -0.2) is 5.43 Å². The van der Waals surface area contributed by atoms with Crippen LogP contribution in [0, 0.1) is 0 Å². The first-order valence-electron chi connectivity index (χ1n) is 8.39. The molecular formula is C21H21N3O2. The maximum Gasteiger partial charge on any atom is 0.262 e. The van der Waals surface area contributed by atoms with E-state index < -0.39 is 6.04 Å². The van der Waals surface area contributed by atoms with E-state index in [0.717, 1.165) is 22.0 Å². The molecule has 0 heterocycles. The van der Waals surface area contributed by atoms with Crippen molar-refractivity contribution in [2.75, 3.05) is 12.4 Å². The molecule has 1 amide bonds. The summed E-state index contributed by atoms with van der Waals surface area (Å²) in [6.45, 7) is 1.77. The standard InChI is InChI=1S/C21H21N3O2/c1-15(23-19-12-5-6-13-20(19)26-2)21(25)24-22-14-17-10-7-9-16-8-3-4-11-18(16)17/h3-15,23H,1-2H3,(H,24,25)/b22-14-/t15-/m1/s1. The van der Waals surface area contributed by atoms with Crippen molar-refractivity contribution in [3.63, 3.8) is 0 Å². The number of fused-ring (bicyclic) bond motifs is 1. The highest BCUT2D eigenvalue weighted by molar-refractivity contribution is 6.00. The van der Waals surface area contributed by atoms with Crippen molar-refractivity contribution in [3.8, 4) is 5.75 Å². The number of carbonyl (C=O) groups is 1. The van der Waals surface area contributed by atoms with Gasteiger partial charge in [0.25, 0.3) is 5.91 Å². The van der Waals surface area contributed by atoms with Gasteiger partial charge in [-0.05, 0) is 29.8 Å². The zero-order valence-corrected chi connectivity index (χ0v) is 14.8. The fourth-order valence-electron chi connectivity index (χ4n) is 2.69. The topological polar surface area (TPSA) is 62.7 Å². The van der Waals surface area contributed by atoms with Gasteiger partial charge in [0.15, 0.2) is 0 Å². The van der Waals surface area contributed by atoms with E-state index in [1.807, 2.05) is 66.7 Å². The van der Waals surface area contributed by atoms with E-state index in [9.17, 15) is 4.79 Å². The Hall–Kier alpha value is -3.34.